The first kappa shape index (κ1) is 12.8. The second-order valence-electron chi connectivity index (χ2n) is 3.90. The second-order valence-corrected chi connectivity index (χ2v) is 3.90. The van der Waals surface area contributed by atoms with Gasteiger partial charge < -0.3 is 9.72 Å². The van der Waals surface area contributed by atoms with Gasteiger partial charge in [-0.2, -0.15) is 0 Å². The van der Waals surface area contributed by atoms with Gasteiger partial charge in [0.05, 0.1) is 6.20 Å². The SMILES string of the molecule is Cc1ncc(NC(=O)OCc2ccccc2)c(=O)[nH]1. The smallest absolute Gasteiger partial charge is 0.412 e. The number of nitrogens with one attached hydrogen (secondary N) is 2. The first-order valence-electron chi connectivity index (χ1n) is 5.69. The van der Waals surface area contributed by atoms with Gasteiger partial charge in [0.2, 0.25) is 0 Å². The van der Waals surface area contributed by atoms with Gasteiger partial charge in [0.25, 0.3) is 5.56 Å². The average Bonchev–Trinajstić information content (AvgIpc) is 2.41. The molecule has 0 atom stereocenters. The van der Waals surface area contributed by atoms with Gasteiger partial charge in [-0.3, -0.25) is 10.1 Å². The van der Waals surface area contributed by atoms with Crippen LogP contribution in [0, 0.1) is 6.92 Å². The molecule has 0 spiro atoms. The van der Waals surface area contributed by atoms with Crippen molar-refractivity contribution in [2.45, 2.75) is 13.5 Å². The first-order valence-corrected chi connectivity index (χ1v) is 5.69. The fraction of sp³-hybridized carbons (Fsp3) is 0.154. The molecular formula is C13H13N3O3. The Morgan fingerprint density at radius 3 is 2.79 bits per heavy atom. The van der Waals surface area contributed by atoms with Crippen molar-refractivity contribution < 1.29 is 9.53 Å². The highest BCUT2D eigenvalue weighted by molar-refractivity contribution is 5.83. The maximum absolute atomic E-state index is 11.5. The highest BCUT2D eigenvalue weighted by atomic mass is 16.5. The largest absolute Gasteiger partial charge is 0.444 e. The lowest BCUT2D eigenvalue weighted by atomic mass is 10.2. The molecule has 1 amide bonds. The summed E-state index contributed by atoms with van der Waals surface area (Å²) in [6, 6.07) is 9.26. The Morgan fingerprint density at radius 1 is 1.37 bits per heavy atom. The third-order valence-corrected chi connectivity index (χ3v) is 2.38. The predicted molar refractivity (Wildman–Crippen MR) is 69.8 cm³/mol. The van der Waals surface area contributed by atoms with Crippen molar-refractivity contribution in [2.75, 3.05) is 5.32 Å². The van der Waals surface area contributed by atoms with E-state index < -0.39 is 11.7 Å². The highest BCUT2D eigenvalue weighted by Gasteiger charge is 2.07. The van der Waals surface area contributed by atoms with Crippen LogP contribution in [0.3, 0.4) is 0 Å². The zero-order chi connectivity index (χ0) is 13.7. The van der Waals surface area contributed by atoms with E-state index in [4.69, 9.17) is 4.74 Å². The molecule has 0 unspecified atom stereocenters. The van der Waals surface area contributed by atoms with Gasteiger partial charge in [0.15, 0.2) is 0 Å². The Hall–Kier alpha value is -2.63. The number of ether oxygens (including phenoxy) is 1. The molecule has 0 aliphatic heterocycles. The van der Waals surface area contributed by atoms with Gasteiger partial charge in [-0.25, -0.2) is 9.78 Å². The summed E-state index contributed by atoms with van der Waals surface area (Å²) >= 11 is 0. The van der Waals surface area contributed by atoms with Crippen LogP contribution >= 0.6 is 0 Å². The molecule has 19 heavy (non-hydrogen) atoms. The zero-order valence-electron chi connectivity index (χ0n) is 10.3. The van der Waals surface area contributed by atoms with Gasteiger partial charge in [0.1, 0.15) is 18.1 Å². The number of carbonyl (C=O) groups excluding carboxylic acids is 1. The minimum absolute atomic E-state index is 0.0589. The van der Waals surface area contributed by atoms with E-state index in [9.17, 15) is 9.59 Å². The molecule has 0 saturated carbocycles. The van der Waals surface area contributed by atoms with Crippen molar-refractivity contribution in [3.8, 4) is 0 Å². The minimum atomic E-state index is -0.694. The quantitative estimate of drug-likeness (QED) is 0.880. The minimum Gasteiger partial charge on any atom is -0.444 e. The molecule has 2 rings (SSSR count). The number of benzene rings is 1. The fourth-order valence-electron chi connectivity index (χ4n) is 1.44. The molecule has 2 aromatic rings. The van der Waals surface area contributed by atoms with Gasteiger partial charge in [-0.1, -0.05) is 30.3 Å². The van der Waals surface area contributed by atoms with Crippen molar-refractivity contribution in [2.24, 2.45) is 0 Å². The number of carbonyl (C=O) groups is 1. The van der Waals surface area contributed by atoms with Crippen LogP contribution < -0.4 is 10.9 Å². The lowest BCUT2D eigenvalue weighted by molar-refractivity contribution is 0.155. The Morgan fingerprint density at radius 2 is 2.11 bits per heavy atom. The number of nitrogens with zero attached hydrogens (tertiary/aromatic N) is 1. The number of anilines is 1. The van der Waals surface area contributed by atoms with Crippen molar-refractivity contribution in [1.82, 2.24) is 9.97 Å². The molecule has 1 heterocycles. The number of aryl methyl sites for hydroxylation is 1. The summed E-state index contributed by atoms with van der Waals surface area (Å²) in [6.45, 7) is 1.79. The van der Waals surface area contributed by atoms with E-state index in [0.29, 0.717) is 5.82 Å². The van der Waals surface area contributed by atoms with Gasteiger partial charge in [-0.05, 0) is 12.5 Å². The summed E-state index contributed by atoms with van der Waals surface area (Å²) in [7, 11) is 0. The molecule has 0 saturated heterocycles. The molecule has 0 aliphatic rings. The molecular weight excluding hydrogens is 246 g/mol. The molecule has 0 fully saturated rings. The maximum Gasteiger partial charge on any atom is 0.412 e. The number of aromatic amines is 1. The topological polar surface area (TPSA) is 84.1 Å². The molecule has 0 bridgehead atoms. The van der Waals surface area contributed by atoms with Crippen LogP contribution in [0.1, 0.15) is 11.4 Å². The Labute approximate surface area is 109 Å². The van der Waals surface area contributed by atoms with Crippen LogP contribution in [0.15, 0.2) is 41.3 Å². The van der Waals surface area contributed by atoms with E-state index in [2.05, 4.69) is 15.3 Å². The van der Waals surface area contributed by atoms with Crippen LogP contribution in [0.5, 0.6) is 0 Å². The summed E-state index contributed by atoms with van der Waals surface area (Å²) in [5, 5.41) is 2.34. The van der Waals surface area contributed by atoms with E-state index >= 15 is 0 Å². The van der Waals surface area contributed by atoms with E-state index in [1.807, 2.05) is 30.3 Å². The summed E-state index contributed by atoms with van der Waals surface area (Å²) in [4.78, 5) is 29.4. The number of H-pyrrole nitrogens is 1. The van der Waals surface area contributed by atoms with E-state index in [1.165, 1.54) is 6.20 Å². The van der Waals surface area contributed by atoms with Gasteiger partial charge in [-0.15, -0.1) is 0 Å². The van der Waals surface area contributed by atoms with Crippen molar-refractivity contribution >= 4 is 11.8 Å². The van der Waals surface area contributed by atoms with E-state index in [-0.39, 0.29) is 12.3 Å². The lowest BCUT2D eigenvalue weighted by Crippen LogP contribution is -2.21. The van der Waals surface area contributed by atoms with Crippen molar-refractivity contribution in [3.05, 3.63) is 58.3 Å². The average molecular weight is 259 g/mol. The Bertz CT molecular complexity index is 623. The number of aromatic nitrogens is 2. The molecule has 0 radical (unpaired) electrons. The predicted octanol–water partition coefficient (Wildman–Crippen LogP) is 1.83. The number of rotatable bonds is 3. The van der Waals surface area contributed by atoms with E-state index in [1.54, 1.807) is 6.92 Å². The number of hydrogen-bond donors (Lipinski definition) is 2. The number of amides is 1. The lowest BCUT2D eigenvalue weighted by Gasteiger charge is -2.06. The van der Waals surface area contributed by atoms with E-state index in [0.717, 1.165) is 5.56 Å². The molecule has 1 aromatic carbocycles. The second kappa shape index (κ2) is 5.81. The summed E-state index contributed by atoms with van der Waals surface area (Å²) in [5.41, 5.74) is 0.515. The molecule has 1 aromatic heterocycles. The standard InChI is InChI=1S/C13H13N3O3/c1-9-14-7-11(12(17)15-9)16-13(18)19-8-10-5-3-2-4-6-10/h2-7H,8H2,1H3,(H,16,18)(H,14,15,17). The van der Waals surface area contributed by atoms with Crippen LogP contribution in [-0.2, 0) is 11.3 Å². The first-order chi connectivity index (χ1) is 9.15. The summed E-state index contributed by atoms with van der Waals surface area (Å²) < 4.78 is 4.99. The molecule has 6 nitrogen and oxygen atoms in total. The zero-order valence-corrected chi connectivity index (χ0v) is 10.3. The van der Waals surface area contributed by atoms with Crippen molar-refractivity contribution in [1.29, 1.82) is 0 Å². The Kier molecular flexibility index (Phi) is 3.92. The molecule has 0 aliphatic carbocycles. The highest BCUT2D eigenvalue weighted by Crippen LogP contribution is 2.02. The third kappa shape index (κ3) is 3.67. The van der Waals surface area contributed by atoms with Crippen LogP contribution in [0.2, 0.25) is 0 Å². The molecule has 6 heteroatoms. The summed E-state index contributed by atoms with van der Waals surface area (Å²) in [5.74, 6) is 0.480. The van der Waals surface area contributed by atoms with Crippen molar-refractivity contribution in [3.63, 3.8) is 0 Å². The monoisotopic (exact) mass is 259 g/mol. The molecule has 2 N–H and O–H groups in total. The Balaban J connectivity index is 1.93. The van der Waals surface area contributed by atoms with Gasteiger partial charge >= 0.3 is 6.09 Å². The van der Waals surface area contributed by atoms with Crippen LogP contribution in [0.4, 0.5) is 10.5 Å². The molecule has 98 valence electrons. The number of hydrogen-bond acceptors (Lipinski definition) is 4. The van der Waals surface area contributed by atoms with Gasteiger partial charge in [0, 0.05) is 0 Å². The normalized spacial score (nSPS) is 9.95. The summed E-state index contributed by atoms with van der Waals surface area (Å²) in [6.07, 6.45) is 0.595. The van der Waals surface area contributed by atoms with Crippen LogP contribution in [0.25, 0.3) is 0 Å². The van der Waals surface area contributed by atoms with Crippen LogP contribution in [-0.4, -0.2) is 16.1 Å². The maximum atomic E-state index is 11.5. The fourth-order valence-corrected chi connectivity index (χ4v) is 1.44. The third-order valence-electron chi connectivity index (χ3n) is 2.38.